The number of aliphatic hydroxyl groups is 1. The number of nitrogens with zero attached hydrogens (tertiary/aromatic N) is 1. The Morgan fingerprint density at radius 3 is 2.81 bits per heavy atom. The molecule has 1 aromatic rings. The van der Waals surface area contributed by atoms with Gasteiger partial charge in [-0.15, -0.1) is 0 Å². The molecular weight excluding hydrogens is 336 g/mol. The summed E-state index contributed by atoms with van der Waals surface area (Å²) in [6.07, 6.45) is 0.184. The Bertz CT molecular complexity index is 766. The molecule has 0 bridgehead atoms. The van der Waals surface area contributed by atoms with Gasteiger partial charge in [0.1, 0.15) is 6.04 Å². The van der Waals surface area contributed by atoms with Gasteiger partial charge in [-0.2, -0.15) is 0 Å². The minimum absolute atomic E-state index is 0.0193. The van der Waals surface area contributed by atoms with Gasteiger partial charge in [0.15, 0.2) is 0 Å². The Morgan fingerprint density at radius 1 is 1.23 bits per heavy atom. The molecule has 4 rings (SSSR count). The third-order valence-electron chi connectivity index (χ3n) is 5.42. The molecule has 3 heterocycles. The standard InChI is InChI=1S/C18H22N4O4/c23-15-8-19-7-13(15)20-6-10-2-1-3-11-12(10)9-22(18(11)26)14-4-5-16(24)21-17(14)25/h1-3,13-15,19-20,23H,4-9H2,(H,21,24,25)/t13-,14?,15-/m1/s1. The zero-order valence-corrected chi connectivity index (χ0v) is 14.3. The summed E-state index contributed by atoms with van der Waals surface area (Å²) in [7, 11) is 0. The molecule has 3 atom stereocenters. The summed E-state index contributed by atoms with van der Waals surface area (Å²) < 4.78 is 0. The Labute approximate surface area is 150 Å². The zero-order chi connectivity index (χ0) is 18.3. The number of carbonyl (C=O) groups is 3. The highest BCUT2D eigenvalue weighted by Crippen LogP contribution is 2.29. The average molecular weight is 358 g/mol. The van der Waals surface area contributed by atoms with Crippen LogP contribution in [-0.4, -0.2) is 59.0 Å². The molecule has 0 saturated carbocycles. The van der Waals surface area contributed by atoms with Gasteiger partial charge >= 0.3 is 0 Å². The van der Waals surface area contributed by atoms with E-state index < -0.39 is 18.1 Å². The maximum atomic E-state index is 12.8. The summed E-state index contributed by atoms with van der Waals surface area (Å²) in [5, 5.41) is 18.7. The lowest BCUT2D eigenvalue weighted by Crippen LogP contribution is -2.52. The number of carbonyl (C=O) groups excluding carboxylic acids is 3. The van der Waals surface area contributed by atoms with Crippen LogP contribution >= 0.6 is 0 Å². The quantitative estimate of drug-likeness (QED) is 0.507. The van der Waals surface area contributed by atoms with Gasteiger partial charge < -0.3 is 20.6 Å². The summed E-state index contributed by atoms with van der Waals surface area (Å²) in [6, 6.07) is 4.95. The van der Waals surface area contributed by atoms with E-state index in [2.05, 4.69) is 16.0 Å². The second-order valence-electron chi connectivity index (χ2n) is 7.06. The molecule has 26 heavy (non-hydrogen) atoms. The van der Waals surface area contributed by atoms with Crippen molar-refractivity contribution in [3.63, 3.8) is 0 Å². The number of fused-ring (bicyclic) bond motifs is 1. The first-order valence-corrected chi connectivity index (χ1v) is 8.92. The van der Waals surface area contributed by atoms with E-state index in [1.54, 1.807) is 11.0 Å². The van der Waals surface area contributed by atoms with E-state index in [1.165, 1.54) is 0 Å². The molecule has 4 N–H and O–H groups in total. The van der Waals surface area contributed by atoms with Crippen LogP contribution in [0.2, 0.25) is 0 Å². The lowest BCUT2D eigenvalue weighted by atomic mass is 10.0. The Kier molecular flexibility index (Phi) is 4.47. The minimum Gasteiger partial charge on any atom is -0.390 e. The first-order valence-electron chi connectivity index (χ1n) is 8.92. The number of imide groups is 1. The van der Waals surface area contributed by atoms with Gasteiger partial charge in [0.25, 0.3) is 5.91 Å². The van der Waals surface area contributed by atoms with Crippen molar-refractivity contribution in [2.24, 2.45) is 0 Å². The highest BCUT2D eigenvalue weighted by atomic mass is 16.3. The Balaban J connectivity index is 1.50. The zero-order valence-electron chi connectivity index (χ0n) is 14.3. The smallest absolute Gasteiger partial charge is 0.255 e. The molecule has 8 nitrogen and oxygen atoms in total. The van der Waals surface area contributed by atoms with Crippen LogP contribution in [0, 0.1) is 0 Å². The van der Waals surface area contributed by atoms with Crippen LogP contribution < -0.4 is 16.0 Å². The topological polar surface area (TPSA) is 111 Å². The van der Waals surface area contributed by atoms with Crippen LogP contribution in [-0.2, 0) is 22.7 Å². The van der Waals surface area contributed by atoms with Gasteiger partial charge in [-0.25, -0.2) is 0 Å². The second-order valence-corrected chi connectivity index (χ2v) is 7.06. The number of amides is 3. The van der Waals surface area contributed by atoms with Gasteiger partial charge in [0.05, 0.1) is 6.10 Å². The van der Waals surface area contributed by atoms with Crippen LogP contribution in [0.5, 0.6) is 0 Å². The number of piperidine rings is 1. The van der Waals surface area contributed by atoms with E-state index in [4.69, 9.17) is 0 Å². The highest BCUT2D eigenvalue weighted by Gasteiger charge is 2.39. The van der Waals surface area contributed by atoms with Gasteiger partial charge in [-0.05, 0) is 23.6 Å². The number of benzene rings is 1. The Morgan fingerprint density at radius 2 is 2.08 bits per heavy atom. The van der Waals surface area contributed by atoms with Crippen molar-refractivity contribution in [2.75, 3.05) is 13.1 Å². The third-order valence-corrected chi connectivity index (χ3v) is 5.42. The molecule has 2 fully saturated rings. The van der Waals surface area contributed by atoms with Gasteiger partial charge in [0, 0.05) is 44.2 Å². The molecule has 1 unspecified atom stereocenters. The molecule has 138 valence electrons. The molecule has 0 aromatic heterocycles. The van der Waals surface area contributed by atoms with Crippen LogP contribution in [0.25, 0.3) is 0 Å². The number of aliphatic hydroxyl groups excluding tert-OH is 1. The predicted octanol–water partition coefficient (Wildman–Crippen LogP) is -1.13. The second kappa shape index (κ2) is 6.79. The van der Waals surface area contributed by atoms with Crippen molar-refractivity contribution in [1.82, 2.24) is 20.9 Å². The third kappa shape index (κ3) is 3.00. The van der Waals surface area contributed by atoms with Crippen LogP contribution in [0.3, 0.4) is 0 Å². The van der Waals surface area contributed by atoms with Crippen molar-refractivity contribution < 1.29 is 19.5 Å². The summed E-state index contributed by atoms with van der Waals surface area (Å²) in [4.78, 5) is 37.8. The monoisotopic (exact) mass is 358 g/mol. The summed E-state index contributed by atoms with van der Waals surface area (Å²) in [5.74, 6) is -0.856. The fraction of sp³-hybridized carbons (Fsp3) is 0.500. The van der Waals surface area contributed by atoms with E-state index in [9.17, 15) is 19.5 Å². The van der Waals surface area contributed by atoms with Crippen molar-refractivity contribution in [1.29, 1.82) is 0 Å². The Hall–Kier alpha value is -2.29. The molecule has 3 aliphatic rings. The molecule has 0 radical (unpaired) electrons. The van der Waals surface area contributed by atoms with E-state index in [0.717, 1.165) is 11.1 Å². The molecule has 0 aliphatic carbocycles. The number of β-amino-alcohol motifs (C(OH)–C–C–N with tert-alkyl or cyclic N) is 1. The lowest BCUT2D eigenvalue weighted by Gasteiger charge is -2.29. The minimum atomic E-state index is -0.603. The molecule has 2 saturated heterocycles. The SMILES string of the molecule is O=C1CCC(N2Cc3c(CN[C@@H]4CNC[C@H]4O)cccc3C2=O)C(=O)N1. The molecule has 0 spiro atoms. The fourth-order valence-corrected chi connectivity index (χ4v) is 3.93. The summed E-state index contributed by atoms with van der Waals surface area (Å²) >= 11 is 0. The van der Waals surface area contributed by atoms with E-state index >= 15 is 0 Å². The lowest BCUT2D eigenvalue weighted by molar-refractivity contribution is -0.136. The van der Waals surface area contributed by atoms with Gasteiger partial charge in [-0.1, -0.05) is 12.1 Å². The average Bonchev–Trinajstić information content (AvgIpc) is 3.17. The van der Waals surface area contributed by atoms with Crippen LogP contribution in [0.1, 0.15) is 34.3 Å². The van der Waals surface area contributed by atoms with Crippen molar-refractivity contribution in [3.05, 3.63) is 34.9 Å². The maximum absolute atomic E-state index is 12.8. The summed E-state index contributed by atoms with van der Waals surface area (Å²) in [5.41, 5.74) is 2.51. The van der Waals surface area contributed by atoms with Crippen molar-refractivity contribution >= 4 is 17.7 Å². The van der Waals surface area contributed by atoms with Gasteiger partial charge in [-0.3, -0.25) is 19.7 Å². The van der Waals surface area contributed by atoms with Crippen molar-refractivity contribution in [3.8, 4) is 0 Å². The van der Waals surface area contributed by atoms with Crippen molar-refractivity contribution in [2.45, 2.75) is 44.1 Å². The fourth-order valence-electron chi connectivity index (χ4n) is 3.93. The van der Waals surface area contributed by atoms with E-state index in [1.807, 2.05) is 12.1 Å². The normalized spacial score (nSPS) is 28.4. The van der Waals surface area contributed by atoms with Gasteiger partial charge in [0.2, 0.25) is 11.8 Å². The van der Waals surface area contributed by atoms with Crippen LogP contribution in [0.4, 0.5) is 0 Å². The number of rotatable bonds is 4. The number of hydrogen-bond acceptors (Lipinski definition) is 6. The first kappa shape index (κ1) is 17.1. The largest absolute Gasteiger partial charge is 0.390 e. The molecule has 3 amide bonds. The molecule has 3 aliphatic heterocycles. The maximum Gasteiger partial charge on any atom is 0.255 e. The number of hydrogen-bond donors (Lipinski definition) is 4. The number of nitrogens with one attached hydrogen (secondary N) is 3. The molecule has 1 aromatic carbocycles. The molecule has 8 heteroatoms. The predicted molar refractivity (Wildman–Crippen MR) is 92.0 cm³/mol. The van der Waals surface area contributed by atoms with Crippen LogP contribution in [0.15, 0.2) is 18.2 Å². The highest BCUT2D eigenvalue weighted by molar-refractivity contribution is 6.05. The first-order chi connectivity index (χ1) is 12.5. The summed E-state index contributed by atoms with van der Waals surface area (Å²) in [6.45, 7) is 2.19. The van der Waals surface area contributed by atoms with E-state index in [0.29, 0.717) is 38.2 Å². The van der Waals surface area contributed by atoms with E-state index in [-0.39, 0.29) is 24.3 Å². The molecular formula is C18H22N4O4.